The second kappa shape index (κ2) is 8.89. The molecule has 0 aromatic carbocycles. The van der Waals surface area contributed by atoms with E-state index in [1.54, 1.807) is 11.3 Å². The van der Waals surface area contributed by atoms with Crippen molar-refractivity contribution >= 4 is 11.3 Å². The molecule has 2 nitrogen and oxygen atoms in total. The third-order valence-corrected chi connectivity index (χ3v) is 3.07. The molecule has 3 heteroatoms. The van der Waals surface area contributed by atoms with Crippen molar-refractivity contribution < 1.29 is 4.74 Å². The smallest absolute Gasteiger partial charge is 0.0591 e. The molecule has 0 aliphatic heterocycles. The van der Waals surface area contributed by atoms with Gasteiger partial charge in [-0.1, -0.05) is 25.8 Å². The standard InChI is InChI=1S/C12H21NOS/c1-2-3-4-8-14-9-7-13-11-12-6-5-10-15-12/h5-6,10,13H,2-4,7-9,11H2,1H3. The van der Waals surface area contributed by atoms with Gasteiger partial charge in [0.1, 0.15) is 0 Å². The zero-order valence-corrected chi connectivity index (χ0v) is 10.3. The van der Waals surface area contributed by atoms with Gasteiger partial charge in [0, 0.05) is 24.6 Å². The van der Waals surface area contributed by atoms with E-state index in [4.69, 9.17) is 4.74 Å². The van der Waals surface area contributed by atoms with Crippen molar-refractivity contribution in [2.75, 3.05) is 19.8 Å². The van der Waals surface area contributed by atoms with Crippen LogP contribution in [0.25, 0.3) is 0 Å². The summed E-state index contributed by atoms with van der Waals surface area (Å²) in [6.45, 7) is 5.87. The SMILES string of the molecule is CCCCCOCCNCc1cccs1. The molecule has 0 amide bonds. The van der Waals surface area contributed by atoms with E-state index in [-0.39, 0.29) is 0 Å². The molecule has 1 heterocycles. The maximum atomic E-state index is 5.50. The zero-order chi connectivity index (χ0) is 10.8. The molecule has 15 heavy (non-hydrogen) atoms. The number of thiophene rings is 1. The number of ether oxygens (including phenoxy) is 1. The Hall–Kier alpha value is -0.380. The van der Waals surface area contributed by atoms with E-state index in [0.717, 1.165) is 26.3 Å². The normalized spacial score (nSPS) is 10.7. The van der Waals surface area contributed by atoms with Crippen LogP contribution >= 0.6 is 11.3 Å². The Morgan fingerprint density at radius 1 is 1.33 bits per heavy atom. The first kappa shape index (κ1) is 12.7. The molecule has 1 rings (SSSR count). The first-order valence-electron chi connectivity index (χ1n) is 5.74. The van der Waals surface area contributed by atoms with Crippen LogP contribution in [0.2, 0.25) is 0 Å². The van der Waals surface area contributed by atoms with Crippen LogP contribution in [0.5, 0.6) is 0 Å². The number of hydrogen-bond donors (Lipinski definition) is 1. The molecule has 86 valence electrons. The Bertz CT molecular complexity index is 224. The second-order valence-electron chi connectivity index (χ2n) is 3.58. The lowest BCUT2D eigenvalue weighted by molar-refractivity contribution is 0.132. The van der Waals surface area contributed by atoms with Crippen molar-refractivity contribution in [3.63, 3.8) is 0 Å². The van der Waals surface area contributed by atoms with Gasteiger partial charge in [0.2, 0.25) is 0 Å². The predicted molar refractivity (Wildman–Crippen MR) is 66.4 cm³/mol. The van der Waals surface area contributed by atoms with Crippen molar-refractivity contribution in [2.45, 2.75) is 32.7 Å². The average Bonchev–Trinajstić information content (AvgIpc) is 2.75. The summed E-state index contributed by atoms with van der Waals surface area (Å²) in [5.41, 5.74) is 0. The van der Waals surface area contributed by atoms with Crippen molar-refractivity contribution in [1.29, 1.82) is 0 Å². The van der Waals surface area contributed by atoms with Gasteiger partial charge < -0.3 is 10.1 Å². The minimum Gasteiger partial charge on any atom is -0.380 e. The van der Waals surface area contributed by atoms with E-state index in [9.17, 15) is 0 Å². The van der Waals surface area contributed by atoms with Gasteiger partial charge in [-0.05, 0) is 17.9 Å². The lowest BCUT2D eigenvalue weighted by Gasteiger charge is -2.04. The van der Waals surface area contributed by atoms with Crippen molar-refractivity contribution in [2.24, 2.45) is 0 Å². The highest BCUT2D eigenvalue weighted by atomic mass is 32.1. The summed E-state index contributed by atoms with van der Waals surface area (Å²) in [5.74, 6) is 0. The highest BCUT2D eigenvalue weighted by molar-refractivity contribution is 7.09. The van der Waals surface area contributed by atoms with Gasteiger partial charge in [-0.2, -0.15) is 0 Å². The summed E-state index contributed by atoms with van der Waals surface area (Å²) in [4.78, 5) is 1.39. The van der Waals surface area contributed by atoms with E-state index in [2.05, 4.69) is 29.8 Å². The summed E-state index contributed by atoms with van der Waals surface area (Å²) >= 11 is 1.79. The van der Waals surface area contributed by atoms with Crippen LogP contribution in [0, 0.1) is 0 Å². The lowest BCUT2D eigenvalue weighted by atomic mass is 10.3. The van der Waals surface area contributed by atoms with Crippen LogP contribution in [0.4, 0.5) is 0 Å². The molecule has 0 bridgehead atoms. The summed E-state index contributed by atoms with van der Waals surface area (Å²) in [7, 11) is 0. The van der Waals surface area contributed by atoms with Crippen molar-refractivity contribution in [3.05, 3.63) is 22.4 Å². The zero-order valence-electron chi connectivity index (χ0n) is 9.50. The predicted octanol–water partition coefficient (Wildman–Crippen LogP) is 3.04. The van der Waals surface area contributed by atoms with E-state index >= 15 is 0 Å². The van der Waals surface area contributed by atoms with Crippen molar-refractivity contribution in [3.8, 4) is 0 Å². The van der Waals surface area contributed by atoms with Gasteiger partial charge >= 0.3 is 0 Å². The molecular formula is C12H21NOS. The lowest BCUT2D eigenvalue weighted by Crippen LogP contribution is -2.18. The largest absolute Gasteiger partial charge is 0.380 e. The van der Waals surface area contributed by atoms with Gasteiger partial charge in [-0.15, -0.1) is 11.3 Å². The number of rotatable bonds is 9. The van der Waals surface area contributed by atoms with Gasteiger partial charge in [0.25, 0.3) is 0 Å². The summed E-state index contributed by atoms with van der Waals surface area (Å²) in [6.07, 6.45) is 3.74. The third kappa shape index (κ3) is 6.66. The van der Waals surface area contributed by atoms with Gasteiger partial charge in [-0.25, -0.2) is 0 Å². The third-order valence-electron chi connectivity index (χ3n) is 2.19. The molecule has 1 aromatic rings. The van der Waals surface area contributed by atoms with E-state index < -0.39 is 0 Å². The van der Waals surface area contributed by atoms with Gasteiger partial charge in [0.15, 0.2) is 0 Å². The molecule has 0 aliphatic carbocycles. The minimum absolute atomic E-state index is 0.828. The first-order valence-corrected chi connectivity index (χ1v) is 6.62. The van der Waals surface area contributed by atoms with E-state index in [1.807, 2.05) is 0 Å². The number of nitrogens with one attached hydrogen (secondary N) is 1. The Labute approximate surface area is 96.7 Å². The Morgan fingerprint density at radius 2 is 2.27 bits per heavy atom. The highest BCUT2D eigenvalue weighted by Crippen LogP contribution is 2.06. The molecule has 0 radical (unpaired) electrons. The molecule has 0 aliphatic rings. The molecular weight excluding hydrogens is 206 g/mol. The molecule has 0 fully saturated rings. The maximum Gasteiger partial charge on any atom is 0.0591 e. The maximum absolute atomic E-state index is 5.50. The fourth-order valence-corrected chi connectivity index (χ4v) is 2.00. The molecule has 1 N–H and O–H groups in total. The molecule has 0 atom stereocenters. The summed E-state index contributed by atoms with van der Waals surface area (Å²) in [5, 5.41) is 5.47. The second-order valence-corrected chi connectivity index (χ2v) is 4.61. The van der Waals surface area contributed by atoms with Crippen LogP contribution < -0.4 is 5.32 Å². The molecule has 0 saturated heterocycles. The van der Waals surface area contributed by atoms with Gasteiger partial charge in [-0.3, -0.25) is 0 Å². The van der Waals surface area contributed by atoms with Crippen LogP contribution in [0.1, 0.15) is 31.1 Å². The fourth-order valence-electron chi connectivity index (χ4n) is 1.33. The Balaban J connectivity index is 1.81. The minimum atomic E-state index is 0.828. The molecule has 0 saturated carbocycles. The van der Waals surface area contributed by atoms with Gasteiger partial charge in [0.05, 0.1) is 6.61 Å². The number of unbranched alkanes of at least 4 members (excludes halogenated alkanes) is 2. The van der Waals surface area contributed by atoms with E-state index in [0.29, 0.717) is 0 Å². The Morgan fingerprint density at radius 3 is 3.00 bits per heavy atom. The molecule has 0 spiro atoms. The van der Waals surface area contributed by atoms with Crippen molar-refractivity contribution in [1.82, 2.24) is 5.32 Å². The summed E-state index contributed by atoms with van der Waals surface area (Å²) < 4.78 is 5.50. The average molecular weight is 227 g/mol. The van der Waals surface area contributed by atoms with E-state index in [1.165, 1.54) is 24.1 Å². The van der Waals surface area contributed by atoms with Crippen LogP contribution in [-0.2, 0) is 11.3 Å². The molecule has 0 unspecified atom stereocenters. The fraction of sp³-hybridized carbons (Fsp3) is 0.667. The summed E-state index contributed by atoms with van der Waals surface area (Å²) in [6, 6.07) is 4.24. The highest BCUT2D eigenvalue weighted by Gasteiger charge is 1.92. The number of hydrogen-bond acceptors (Lipinski definition) is 3. The first-order chi connectivity index (χ1) is 7.43. The topological polar surface area (TPSA) is 21.3 Å². The van der Waals surface area contributed by atoms with Crippen LogP contribution in [0.15, 0.2) is 17.5 Å². The molecule has 1 aromatic heterocycles. The Kier molecular flexibility index (Phi) is 7.52. The van der Waals surface area contributed by atoms with Crippen LogP contribution in [-0.4, -0.2) is 19.8 Å². The quantitative estimate of drug-likeness (QED) is 0.655. The monoisotopic (exact) mass is 227 g/mol. The van der Waals surface area contributed by atoms with Crippen LogP contribution in [0.3, 0.4) is 0 Å².